The van der Waals surface area contributed by atoms with Crippen molar-refractivity contribution < 1.29 is 4.74 Å². The Labute approximate surface area is 126 Å². The average molecular weight is 281 g/mol. The molecular formula is C18H35NO. The zero-order valence-electron chi connectivity index (χ0n) is 14.1. The Kier molecular flexibility index (Phi) is 5.92. The van der Waals surface area contributed by atoms with Gasteiger partial charge in [0.15, 0.2) is 0 Å². The summed E-state index contributed by atoms with van der Waals surface area (Å²) in [4.78, 5) is 0. The summed E-state index contributed by atoms with van der Waals surface area (Å²) in [7, 11) is 0. The van der Waals surface area contributed by atoms with E-state index in [1.807, 2.05) is 0 Å². The molecule has 1 heterocycles. The quantitative estimate of drug-likeness (QED) is 0.780. The van der Waals surface area contributed by atoms with Crippen molar-refractivity contribution in [3.05, 3.63) is 0 Å². The highest BCUT2D eigenvalue weighted by molar-refractivity contribution is 4.91. The molecule has 0 amide bonds. The van der Waals surface area contributed by atoms with E-state index in [2.05, 4.69) is 33.0 Å². The predicted molar refractivity (Wildman–Crippen MR) is 86.0 cm³/mol. The summed E-state index contributed by atoms with van der Waals surface area (Å²) in [6.07, 6.45) is 9.86. The van der Waals surface area contributed by atoms with Gasteiger partial charge in [0.05, 0.1) is 11.7 Å². The van der Waals surface area contributed by atoms with Crippen molar-refractivity contribution in [3.63, 3.8) is 0 Å². The first kappa shape index (κ1) is 16.3. The predicted octanol–water partition coefficient (Wildman–Crippen LogP) is 4.39. The maximum atomic E-state index is 6.70. The van der Waals surface area contributed by atoms with E-state index in [1.165, 1.54) is 44.9 Å². The van der Waals surface area contributed by atoms with Crippen molar-refractivity contribution >= 4 is 0 Å². The van der Waals surface area contributed by atoms with Gasteiger partial charge in [0.25, 0.3) is 0 Å². The van der Waals surface area contributed by atoms with Gasteiger partial charge in [0.2, 0.25) is 0 Å². The molecule has 118 valence electrons. The fourth-order valence-electron chi connectivity index (χ4n) is 4.46. The smallest absolute Gasteiger partial charge is 0.0815 e. The maximum absolute atomic E-state index is 6.70. The van der Waals surface area contributed by atoms with Crippen LogP contribution in [0.25, 0.3) is 0 Å². The van der Waals surface area contributed by atoms with Gasteiger partial charge in [-0.15, -0.1) is 0 Å². The maximum Gasteiger partial charge on any atom is 0.0815 e. The molecule has 0 spiro atoms. The van der Waals surface area contributed by atoms with E-state index in [4.69, 9.17) is 4.74 Å². The van der Waals surface area contributed by atoms with Crippen molar-refractivity contribution in [1.82, 2.24) is 5.32 Å². The molecule has 1 N–H and O–H groups in total. The second-order valence-corrected chi connectivity index (χ2v) is 8.14. The summed E-state index contributed by atoms with van der Waals surface area (Å²) < 4.78 is 6.70. The minimum absolute atomic E-state index is 0.0872. The van der Waals surface area contributed by atoms with Gasteiger partial charge >= 0.3 is 0 Å². The monoisotopic (exact) mass is 281 g/mol. The Hall–Kier alpha value is -0.0800. The molecule has 2 aliphatic rings. The van der Waals surface area contributed by atoms with Crippen LogP contribution in [0.3, 0.4) is 0 Å². The van der Waals surface area contributed by atoms with E-state index in [-0.39, 0.29) is 5.60 Å². The van der Waals surface area contributed by atoms with E-state index in [1.54, 1.807) is 0 Å². The van der Waals surface area contributed by atoms with Gasteiger partial charge in [-0.3, -0.25) is 0 Å². The van der Waals surface area contributed by atoms with Crippen LogP contribution in [0.2, 0.25) is 0 Å². The highest BCUT2D eigenvalue weighted by Gasteiger charge is 2.38. The second-order valence-electron chi connectivity index (χ2n) is 8.14. The van der Waals surface area contributed by atoms with Crippen LogP contribution in [-0.4, -0.2) is 24.8 Å². The molecule has 0 aromatic heterocycles. The van der Waals surface area contributed by atoms with Crippen LogP contribution >= 0.6 is 0 Å². The van der Waals surface area contributed by atoms with Crippen LogP contribution in [0.4, 0.5) is 0 Å². The van der Waals surface area contributed by atoms with E-state index >= 15 is 0 Å². The van der Waals surface area contributed by atoms with Crippen LogP contribution in [0.1, 0.15) is 72.6 Å². The number of rotatable bonds is 6. The Morgan fingerprint density at radius 2 is 1.65 bits per heavy atom. The number of ether oxygens (including phenoxy) is 1. The molecule has 20 heavy (non-hydrogen) atoms. The van der Waals surface area contributed by atoms with Crippen molar-refractivity contribution in [2.75, 3.05) is 13.1 Å². The lowest BCUT2D eigenvalue weighted by atomic mass is 9.83. The first-order valence-corrected chi connectivity index (χ1v) is 8.87. The minimum atomic E-state index is 0.0872. The first-order valence-electron chi connectivity index (χ1n) is 8.87. The summed E-state index contributed by atoms with van der Waals surface area (Å²) in [5.41, 5.74) is 0.0872. The highest BCUT2D eigenvalue weighted by Crippen LogP contribution is 2.35. The van der Waals surface area contributed by atoms with Gasteiger partial charge in [-0.05, 0) is 37.0 Å². The Morgan fingerprint density at radius 3 is 2.20 bits per heavy atom. The van der Waals surface area contributed by atoms with Crippen LogP contribution in [-0.2, 0) is 4.74 Å². The molecule has 1 saturated heterocycles. The molecule has 2 rings (SSSR count). The van der Waals surface area contributed by atoms with E-state index < -0.39 is 0 Å². The van der Waals surface area contributed by atoms with Gasteiger partial charge in [0, 0.05) is 13.1 Å². The van der Waals surface area contributed by atoms with E-state index in [0.717, 1.165) is 19.0 Å². The zero-order valence-corrected chi connectivity index (χ0v) is 14.1. The lowest BCUT2D eigenvalue weighted by Gasteiger charge is -2.44. The number of hydrogen-bond acceptors (Lipinski definition) is 2. The van der Waals surface area contributed by atoms with E-state index in [9.17, 15) is 0 Å². The van der Waals surface area contributed by atoms with Crippen molar-refractivity contribution in [3.8, 4) is 0 Å². The van der Waals surface area contributed by atoms with Crippen LogP contribution < -0.4 is 5.32 Å². The fraction of sp³-hybridized carbons (Fsp3) is 1.00. The topological polar surface area (TPSA) is 21.3 Å². The van der Waals surface area contributed by atoms with Crippen LogP contribution in [0, 0.1) is 17.8 Å². The third kappa shape index (κ3) is 4.73. The van der Waals surface area contributed by atoms with Gasteiger partial charge in [0.1, 0.15) is 0 Å². The van der Waals surface area contributed by atoms with E-state index in [0.29, 0.717) is 17.9 Å². The Balaban J connectivity index is 1.95. The number of morpholine rings is 1. The summed E-state index contributed by atoms with van der Waals surface area (Å²) >= 11 is 0. The molecule has 1 saturated carbocycles. The Morgan fingerprint density at radius 1 is 1.05 bits per heavy atom. The molecule has 1 aliphatic heterocycles. The van der Waals surface area contributed by atoms with Crippen molar-refractivity contribution in [2.24, 2.45) is 17.8 Å². The normalized spacial score (nSPS) is 27.6. The van der Waals surface area contributed by atoms with Crippen LogP contribution in [0.5, 0.6) is 0 Å². The molecular weight excluding hydrogens is 246 g/mol. The van der Waals surface area contributed by atoms with Gasteiger partial charge in [-0.25, -0.2) is 0 Å². The molecule has 0 bridgehead atoms. The Bertz CT molecular complexity index is 271. The zero-order chi connectivity index (χ0) is 14.6. The molecule has 2 fully saturated rings. The molecule has 0 aromatic carbocycles. The summed E-state index contributed by atoms with van der Waals surface area (Å²) in [6, 6.07) is 0. The average Bonchev–Trinajstić information content (AvgIpc) is 2.79. The number of hydrogen-bond donors (Lipinski definition) is 1. The van der Waals surface area contributed by atoms with Crippen LogP contribution in [0.15, 0.2) is 0 Å². The third-order valence-electron chi connectivity index (χ3n) is 4.87. The molecule has 2 nitrogen and oxygen atoms in total. The summed E-state index contributed by atoms with van der Waals surface area (Å²) in [5, 5.41) is 3.69. The minimum Gasteiger partial charge on any atom is -0.369 e. The molecule has 0 aromatic rings. The van der Waals surface area contributed by atoms with Crippen molar-refractivity contribution in [2.45, 2.75) is 84.3 Å². The fourth-order valence-corrected chi connectivity index (χ4v) is 4.46. The lowest BCUT2D eigenvalue weighted by Crippen LogP contribution is -2.55. The molecule has 1 atom stereocenters. The molecule has 1 unspecified atom stereocenters. The van der Waals surface area contributed by atoms with Gasteiger partial charge < -0.3 is 10.1 Å². The summed E-state index contributed by atoms with van der Waals surface area (Å²) in [5.74, 6) is 2.34. The largest absolute Gasteiger partial charge is 0.369 e. The number of nitrogens with one attached hydrogen (secondary N) is 1. The van der Waals surface area contributed by atoms with Gasteiger partial charge in [-0.2, -0.15) is 0 Å². The second kappa shape index (κ2) is 7.26. The lowest BCUT2D eigenvalue weighted by molar-refractivity contribution is -0.140. The SMILES string of the molecule is CC(C)CC1(CC(C)C)CNCC(CC2CCCC2)O1. The summed E-state index contributed by atoms with van der Waals surface area (Å²) in [6.45, 7) is 11.4. The highest BCUT2D eigenvalue weighted by atomic mass is 16.5. The first-order chi connectivity index (χ1) is 9.49. The third-order valence-corrected chi connectivity index (χ3v) is 4.87. The van der Waals surface area contributed by atoms with Crippen molar-refractivity contribution in [1.29, 1.82) is 0 Å². The molecule has 1 aliphatic carbocycles. The van der Waals surface area contributed by atoms with Gasteiger partial charge in [-0.1, -0.05) is 53.4 Å². The molecule has 0 radical (unpaired) electrons. The standard InChI is InChI=1S/C18H35NO/c1-14(2)10-18(11-15(3)4)13-19-12-17(20-18)9-16-7-5-6-8-16/h14-17,19H,5-13H2,1-4H3. The molecule has 2 heteroatoms.